The first kappa shape index (κ1) is 11.6. The molecule has 0 saturated carbocycles. The van der Waals surface area contributed by atoms with Gasteiger partial charge in [0.25, 0.3) is 0 Å². The minimum atomic E-state index is 0.669. The van der Waals surface area contributed by atoms with E-state index in [1.165, 1.54) is 0 Å². The van der Waals surface area contributed by atoms with Crippen LogP contribution in [0.4, 0.5) is 5.69 Å². The number of ether oxygens (including phenoxy) is 1. The van der Waals surface area contributed by atoms with Gasteiger partial charge in [0, 0.05) is 19.7 Å². The van der Waals surface area contributed by atoms with Gasteiger partial charge in [0.2, 0.25) is 0 Å². The number of nitrogens with zero attached hydrogens (tertiary/aromatic N) is 1. The number of aldehydes is 1. The molecule has 0 heterocycles. The van der Waals surface area contributed by atoms with Gasteiger partial charge in [-0.3, -0.25) is 4.79 Å². The maximum absolute atomic E-state index is 10.6. The third-order valence-corrected chi connectivity index (χ3v) is 2.06. The number of benzene rings is 1. The van der Waals surface area contributed by atoms with Crippen molar-refractivity contribution in [2.75, 3.05) is 25.6 Å². The Morgan fingerprint density at radius 1 is 1.40 bits per heavy atom. The number of rotatable bonds is 5. The van der Waals surface area contributed by atoms with Crippen LogP contribution in [0.2, 0.25) is 0 Å². The number of carbonyl (C=O) groups is 1. The first-order valence-electron chi connectivity index (χ1n) is 5.08. The van der Waals surface area contributed by atoms with Gasteiger partial charge in [0.05, 0.1) is 12.3 Å². The molecular formula is C12H17NO2. The Balaban J connectivity index is 2.98. The highest BCUT2D eigenvalue weighted by molar-refractivity contribution is 5.78. The molecule has 82 valence electrons. The van der Waals surface area contributed by atoms with E-state index in [-0.39, 0.29) is 0 Å². The molecular weight excluding hydrogens is 190 g/mol. The Labute approximate surface area is 90.7 Å². The zero-order valence-corrected chi connectivity index (χ0v) is 9.49. The fraction of sp³-hybridized carbons (Fsp3) is 0.417. The second-order valence-electron chi connectivity index (χ2n) is 3.59. The number of hydrogen-bond donors (Lipinski definition) is 0. The van der Waals surface area contributed by atoms with Gasteiger partial charge >= 0.3 is 0 Å². The number of hydrogen-bond acceptors (Lipinski definition) is 3. The Kier molecular flexibility index (Phi) is 4.16. The van der Waals surface area contributed by atoms with Crippen LogP contribution in [0.3, 0.4) is 0 Å². The molecule has 15 heavy (non-hydrogen) atoms. The first-order chi connectivity index (χ1) is 7.19. The molecule has 0 aromatic heterocycles. The van der Waals surface area contributed by atoms with Crippen molar-refractivity contribution in [3.05, 3.63) is 23.8 Å². The van der Waals surface area contributed by atoms with Crippen molar-refractivity contribution >= 4 is 12.0 Å². The predicted octanol–water partition coefficient (Wildman–Crippen LogP) is 2.35. The Hall–Kier alpha value is -1.51. The highest BCUT2D eigenvalue weighted by Crippen LogP contribution is 2.27. The normalized spacial score (nSPS) is 9.80. The van der Waals surface area contributed by atoms with Crippen LogP contribution in [-0.2, 0) is 0 Å². The second-order valence-corrected chi connectivity index (χ2v) is 3.59. The van der Waals surface area contributed by atoms with Crippen LogP contribution in [0.15, 0.2) is 18.2 Å². The Bertz CT molecular complexity index is 334. The van der Waals surface area contributed by atoms with Gasteiger partial charge in [-0.05, 0) is 24.6 Å². The van der Waals surface area contributed by atoms with E-state index in [0.717, 1.165) is 24.1 Å². The molecule has 0 aliphatic heterocycles. The average molecular weight is 207 g/mol. The molecule has 3 heteroatoms. The lowest BCUT2D eigenvalue weighted by Crippen LogP contribution is -2.11. The van der Waals surface area contributed by atoms with Crippen molar-refractivity contribution in [3.63, 3.8) is 0 Å². The minimum absolute atomic E-state index is 0.669. The summed E-state index contributed by atoms with van der Waals surface area (Å²) in [5.74, 6) is 0.826. The quantitative estimate of drug-likeness (QED) is 0.694. The molecule has 1 rings (SSSR count). The van der Waals surface area contributed by atoms with Gasteiger partial charge < -0.3 is 9.64 Å². The summed E-state index contributed by atoms with van der Waals surface area (Å²) in [7, 11) is 3.87. The summed E-state index contributed by atoms with van der Waals surface area (Å²) in [6, 6.07) is 5.44. The SMILES string of the molecule is CCCOc1ccc(C=O)cc1N(C)C. The zero-order valence-electron chi connectivity index (χ0n) is 9.49. The van der Waals surface area contributed by atoms with Crippen molar-refractivity contribution in [2.45, 2.75) is 13.3 Å². The van der Waals surface area contributed by atoms with E-state index in [2.05, 4.69) is 6.92 Å². The summed E-state index contributed by atoms with van der Waals surface area (Å²) in [4.78, 5) is 12.6. The molecule has 0 atom stereocenters. The molecule has 1 aromatic carbocycles. The number of anilines is 1. The molecule has 0 spiro atoms. The molecule has 0 aliphatic rings. The lowest BCUT2D eigenvalue weighted by atomic mass is 10.2. The van der Waals surface area contributed by atoms with Gasteiger partial charge in [-0.1, -0.05) is 6.92 Å². The van der Waals surface area contributed by atoms with Crippen LogP contribution in [0.5, 0.6) is 5.75 Å². The fourth-order valence-electron chi connectivity index (χ4n) is 1.29. The van der Waals surface area contributed by atoms with Gasteiger partial charge in [0.15, 0.2) is 0 Å². The summed E-state index contributed by atoms with van der Waals surface area (Å²) < 4.78 is 5.59. The fourth-order valence-corrected chi connectivity index (χ4v) is 1.29. The monoisotopic (exact) mass is 207 g/mol. The summed E-state index contributed by atoms with van der Waals surface area (Å²) >= 11 is 0. The summed E-state index contributed by atoms with van der Waals surface area (Å²) in [5.41, 5.74) is 1.61. The van der Waals surface area contributed by atoms with Gasteiger partial charge in [-0.15, -0.1) is 0 Å². The van der Waals surface area contributed by atoms with Crippen molar-refractivity contribution in [3.8, 4) is 5.75 Å². The highest BCUT2D eigenvalue weighted by atomic mass is 16.5. The lowest BCUT2D eigenvalue weighted by molar-refractivity contribution is 0.112. The Morgan fingerprint density at radius 2 is 2.13 bits per heavy atom. The Morgan fingerprint density at radius 3 is 2.67 bits per heavy atom. The van der Waals surface area contributed by atoms with E-state index < -0.39 is 0 Å². The van der Waals surface area contributed by atoms with E-state index in [1.807, 2.05) is 31.1 Å². The highest BCUT2D eigenvalue weighted by Gasteiger charge is 2.06. The smallest absolute Gasteiger partial charge is 0.150 e. The van der Waals surface area contributed by atoms with E-state index in [9.17, 15) is 4.79 Å². The maximum Gasteiger partial charge on any atom is 0.150 e. The molecule has 0 amide bonds. The molecule has 0 N–H and O–H groups in total. The van der Waals surface area contributed by atoms with Crippen LogP contribution in [0.1, 0.15) is 23.7 Å². The molecule has 0 radical (unpaired) electrons. The first-order valence-corrected chi connectivity index (χ1v) is 5.08. The summed E-state index contributed by atoms with van der Waals surface area (Å²) in [6.07, 6.45) is 1.82. The summed E-state index contributed by atoms with van der Waals surface area (Å²) in [5, 5.41) is 0. The van der Waals surface area contributed by atoms with Crippen molar-refractivity contribution < 1.29 is 9.53 Å². The minimum Gasteiger partial charge on any atom is -0.491 e. The van der Waals surface area contributed by atoms with E-state index in [0.29, 0.717) is 12.2 Å². The van der Waals surface area contributed by atoms with Crippen LogP contribution >= 0.6 is 0 Å². The largest absolute Gasteiger partial charge is 0.491 e. The molecule has 0 saturated heterocycles. The van der Waals surface area contributed by atoms with E-state index in [4.69, 9.17) is 4.74 Å². The molecule has 3 nitrogen and oxygen atoms in total. The van der Waals surface area contributed by atoms with E-state index >= 15 is 0 Å². The standard InChI is InChI=1S/C12H17NO2/c1-4-7-15-12-6-5-10(9-14)8-11(12)13(2)3/h5-6,8-9H,4,7H2,1-3H3. The van der Waals surface area contributed by atoms with Crippen LogP contribution in [0.25, 0.3) is 0 Å². The van der Waals surface area contributed by atoms with Crippen molar-refractivity contribution in [1.29, 1.82) is 0 Å². The third-order valence-electron chi connectivity index (χ3n) is 2.06. The van der Waals surface area contributed by atoms with Crippen LogP contribution in [-0.4, -0.2) is 27.0 Å². The average Bonchev–Trinajstić information content (AvgIpc) is 2.26. The van der Waals surface area contributed by atoms with Crippen LogP contribution < -0.4 is 9.64 Å². The van der Waals surface area contributed by atoms with Gasteiger partial charge in [-0.2, -0.15) is 0 Å². The molecule has 0 fully saturated rings. The van der Waals surface area contributed by atoms with Crippen molar-refractivity contribution in [1.82, 2.24) is 0 Å². The second kappa shape index (κ2) is 5.39. The predicted molar refractivity (Wildman–Crippen MR) is 61.9 cm³/mol. The molecule has 1 aromatic rings. The van der Waals surface area contributed by atoms with Gasteiger partial charge in [0.1, 0.15) is 12.0 Å². The molecule has 0 aliphatic carbocycles. The third kappa shape index (κ3) is 2.98. The summed E-state index contributed by atoms with van der Waals surface area (Å²) in [6.45, 7) is 2.76. The van der Waals surface area contributed by atoms with Gasteiger partial charge in [-0.25, -0.2) is 0 Å². The number of carbonyl (C=O) groups excluding carboxylic acids is 1. The zero-order chi connectivity index (χ0) is 11.3. The van der Waals surface area contributed by atoms with Crippen LogP contribution in [0, 0.1) is 0 Å². The maximum atomic E-state index is 10.6. The van der Waals surface area contributed by atoms with E-state index in [1.54, 1.807) is 6.07 Å². The topological polar surface area (TPSA) is 29.5 Å². The molecule has 0 unspecified atom stereocenters. The molecule has 0 bridgehead atoms. The van der Waals surface area contributed by atoms with Crippen molar-refractivity contribution in [2.24, 2.45) is 0 Å². The lowest BCUT2D eigenvalue weighted by Gasteiger charge is -2.18.